The van der Waals surface area contributed by atoms with Gasteiger partial charge < -0.3 is 10.1 Å². The number of carbonyl (C=O) groups is 1. The number of benzene rings is 2. The molecule has 4 heteroatoms. The summed E-state index contributed by atoms with van der Waals surface area (Å²) in [5.74, 6) is 0.933. The molecule has 1 N–H and O–H groups in total. The lowest BCUT2D eigenvalue weighted by molar-refractivity contribution is -0.119. The molecule has 0 spiro atoms. The second-order valence-corrected chi connectivity index (χ2v) is 7.64. The van der Waals surface area contributed by atoms with E-state index in [1.807, 2.05) is 26.0 Å². The first-order valence-corrected chi connectivity index (χ1v) is 9.88. The molecule has 0 fully saturated rings. The summed E-state index contributed by atoms with van der Waals surface area (Å²) >= 11 is 1.76. The zero-order valence-corrected chi connectivity index (χ0v) is 16.4. The van der Waals surface area contributed by atoms with Crippen LogP contribution in [0.1, 0.15) is 42.8 Å². The summed E-state index contributed by atoms with van der Waals surface area (Å²) in [5.41, 5.74) is 2.66. The molecule has 3 aromatic rings. The molecule has 1 unspecified atom stereocenters. The van der Waals surface area contributed by atoms with Crippen molar-refractivity contribution in [2.75, 3.05) is 6.61 Å². The molecule has 0 aliphatic heterocycles. The third kappa shape index (κ3) is 4.64. The lowest BCUT2D eigenvalue weighted by atomic mass is 10.0. The van der Waals surface area contributed by atoms with Crippen molar-refractivity contribution in [3.05, 3.63) is 64.5 Å². The number of fused-ring (bicyclic) bond motifs is 1. The van der Waals surface area contributed by atoms with E-state index in [1.54, 1.807) is 18.3 Å². The number of hydrogen-bond acceptors (Lipinski definition) is 3. The van der Waals surface area contributed by atoms with Crippen molar-refractivity contribution < 1.29 is 9.53 Å². The molecule has 1 heterocycles. The number of ether oxygens (including phenoxy) is 1. The van der Waals surface area contributed by atoms with Crippen LogP contribution in [0, 0.1) is 0 Å². The second-order valence-electron chi connectivity index (χ2n) is 6.52. The average molecular weight is 368 g/mol. The summed E-state index contributed by atoms with van der Waals surface area (Å²) in [7, 11) is 0. The fourth-order valence-electron chi connectivity index (χ4n) is 3.05. The smallest absolute Gasteiger partial charge is 0.217 e. The standard InChI is InChI=1S/C22H25NO2S/c1-4-25-20-11-8-17(9-12-20)5-6-18-7-10-19-14-21(26-22(19)13-18)15(2)23-16(3)24/h7-15H,4-6H2,1-3H3,(H,23,24). The van der Waals surface area contributed by atoms with Gasteiger partial charge in [-0.2, -0.15) is 0 Å². The molecule has 0 aliphatic carbocycles. The average Bonchev–Trinajstić information content (AvgIpc) is 3.04. The Morgan fingerprint density at radius 3 is 2.46 bits per heavy atom. The van der Waals surface area contributed by atoms with Crippen molar-refractivity contribution in [3.63, 3.8) is 0 Å². The van der Waals surface area contributed by atoms with E-state index in [0.717, 1.165) is 18.6 Å². The van der Waals surface area contributed by atoms with Crippen LogP contribution in [-0.2, 0) is 17.6 Å². The van der Waals surface area contributed by atoms with Crippen LogP contribution in [0.2, 0.25) is 0 Å². The minimum absolute atomic E-state index is 0.00556. The maximum atomic E-state index is 11.3. The molecule has 136 valence electrons. The Morgan fingerprint density at radius 1 is 1.08 bits per heavy atom. The van der Waals surface area contributed by atoms with E-state index in [0.29, 0.717) is 6.61 Å². The number of carbonyl (C=O) groups excluding carboxylic acids is 1. The Bertz CT molecular complexity index is 883. The monoisotopic (exact) mass is 367 g/mol. The normalized spacial score (nSPS) is 12.1. The second kappa shape index (κ2) is 8.37. The first-order valence-electron chi connectivity index (χ1n) is 9.06. The Balaban J connectivity index is 1.67. The fourth-order valence-corrected chi connectivity index (χ4v) is 4.18. The minimum atomic E-state index is 0.00556. The van der Waals surface area contributed by atoms with Gasteiger partial charge in [-0.3, -0.25) is 4.79 Å². The highest BCUT2D eigenvalue weighted by atomic mass is 32.1. The Labute approximate surface area is 159 Å². The lowest BCUT2D eigenvalue weighted by Gasteiger charge is -2.09. The molecule has 0 saturated carbocycles. The Hall–Kier alpha value is -2.33. The summed E-state index contributed by atoms with van der Waals surface area (Å²) in [5, 5.41) is 4.20. The highest BCUT2D eigenvalue weighted by Crippen LogP contribution is 2.31. The zero-order valence-electron chi connectivity index (χ0n) is 15.5. The molecule has 3 rings (SSSR count). The van der Waals surface area contributed by atoms with Crippen molar-refractivity contribution in [1.29, 1.82) is 0 Å². The summed E-state index contributed by atoms with van der Waals surface area (Å²) in [4.78, 5) is 12.5. The van der Waals surface area contributed by atoms with E-state index in [-0.39, 0.29) is 11.9 Å². The van der Waals surface area contributed by atoms with Gasteiger partial charge in [0.1, 0.15) is 5.75 Å². The van der Waals surface area contributed by atoms with Crippen LogP contribution in [0.15, 0.2) is 48.5 Å². The summed E-state index contributed by atoms with van der Waals surface area (Å²) in [6.07, 6.45) is 2.02. The summed E-state index contributed by atoms with van der Waals surface area (Å²) in [6.45, 7) is 6.28. The van der Waals surface area contributed by atoms with Gasteiger partial charge in [0.2, 0.25) is 5.91 Å². The van der Waals surface area contributed by atoms with E-state index < -0.39 is 0 Å². The molecule has 0 saturated heterocycles. The molecule has 26 heavy (non-hydrogen) atoms. The zero-order chi connectivity index (χ0) is 18.5. The molecule has 2 aromatic carbocycles. The SMILES string of the molecule is CCOc1ccc(CCc2ccc3cc(C(C)NC(C)=O)sc3c2)cc1. The number of nitrogens with one attached hydrogen (secondary N) is 1. The van der Waals surface area contributed by atoms with E-state index in [1.165, 1.54) is 26.1 Å². The van der Waals surface area contributed by atoms with Crippen molar-refractivity contribution in [2.45, 2.75) is 39.7 Å². The number of rotatable bonds is 7. The Kier molecular flexibility index (Phi) is 5.94. The highest BCUT2D eigenvalue weighted by Gasteiger charge is 2.11. The van der Waals surface area contributed by atoms with Gasteiger partial charge in [0, 0.05) is 16.5 Å². The van der Waals surface area contributed by atoms with Crippen LogP contribution in [0.4, 0.5) is 0 Å². The first kappa shape index (κ1) is 18.5. The number of hydrogen-bond donors (Lipinski definition) is 1. The van der Waals surface area contributed by atoms with Gasteiger partial charge in [0.05, 0.1) is 12.6 Å². The van der Waals surface area contributed by atoms with Crippen molar-refractivity contribution in [1.82, 2.24) is 5.32 Å². The lowest BCUT2D eigenvalue weighted by Crippen LogP contribution is -2.22. The number of aryl methyl sites for hydroxylation is 2. The van der Waals surface area contributed by atoms with Crippen molar-refractivity contribution >= 4 is 27.3 Å². The molecular formula is C22H25NO2S. The van der Waals surface area contributed by atoms with E-state index in [9.17, 15) is 4.79 Å². The van der Waals surface area contributed by atoms with Crippen LogP contribution in [-0.4, -0.2) is 12.5 Å². The van der Waals surface area contributed by atoms with Gasteiger partial charge in [-0.1, -0.05) is 24.3 Å². The molecule has 3 nitrogen and oxygen atoms in total. The summed E-state index contributed by atoms with van der Waals surface area (Å²) < 4.78 is 6.77. The first-order chi connectivity index (χ1) is 12.5. The third-order valence-electron chi connectivity index (χ3n) is 4.39. The van der Waals surface area contributed by atoms with E-state index in [4.69, 9.17) is 4.74 Å². The minimum Gasteiger partial charge on any atom is -0.494 e. The van der Waals surface area contributed by atoms with Crippen LogP contribution in [0.25, 0.3) is 10.1 Å². The molecule has 1 aromatic heterocycles. The Morgan fingerprint density at radius 2 is 1.77 bits per heavy atom. The van der Waals surface area contributed by atoms with Crippen LogP contribution < -0.4 is 10.1 Å². The third-order valence-corrected chi connectivity index (χ3v) is 5.67. The largest absolute Gasteiger partial charge is 0.494 e. The van der Waals surface area contributed by atoms with Gasteiger partial charge in [-0.25, -0.2) is 0 Å². The van der Waals surface area contributed by atoms with Gasteiger partial charge in [0.15, 0.2) is 0 Å². The molecule has 1 amide bonds. The van der Waals surface area contributed by atoms with Crippen LogP contribution >= 0.6 is 11.3 Å². The predicted octanol–water partition coefficient (Wildman–Crippen LogP) is 5.28. The predicted molar refractivity (Wildman–Crippen MR) is 109 cm³/mol. The maximum Gasteiger partial charge on any atom is 0.217 e. The molecule has 1 atom stereocenters. The van der Waals surface area contributed by atoms with E-state index in [2.05, 4.69) is 41.7 Å². The van der Waals surface area contributed by atoms with E-state index >= 15 is 0 Å². The fraction of sp³-hybridized carbons (Fsp3) is 0.318. The van der Waals surface area contributed by atoms with Gasteiger partial charge >= 0.3 is 0 Å². The van der Waals surface area contributed by atoms with Crippen LogP contribution in [0.3, 0.4) is 0 Å². The number of thiophene rings is 1. The van der Waals surface area contributed by atoms with Crippen molar-refractivity contribution in [3.8, 4) is 5.75 Å². The highest BCUT2D eigenvalue weighted by molar-refractivity contribution is 7.19. The number of amides is 1. The quantitative estimate of drug-likeness (QED) is 0.617. The van der Waals surface area contributed by atoms with Crippen molar-refractivity contribution in [2.24, 2.45) is 0 Å². The molecular weight excluding hydrogens is 342 g/mol. The summed E-state index contributed by atoms with van der Waals surface area (Å²) in [6, 6.07) is 17.3. The van der Waals surface area contributed by atoms with Gasteiger partial charge in [-0.05, 0) is 67.5 Å². The molecule has 0 aliphatic rings. The molecule has 0 bridgehead atoms. The van der Waals surface area contributed by atoms with Gasteiger partial charge in [-0.15, -0.1) is 11.3 Å². The molecule has 0 radical (unpaired) electrons. The maximum absolute atomic E-state index is 11.3. The topological polar surface area (TPSA) is 38.3 Å². The van der Waals surface area contributed by atoms with Crippen LogP contribution in [0.5, 0.6) is 5.75 Å². The van der Waals surface area contributed by atoms with Gasteiger partial charge in [0.25, 0.3) is 0 Å².